The Balaban J connectivity index is 1.70. The lowest BCUT2D eigenvalue weighted by atomic mass is 10.1. The molecule has 2 fully saturated rings. The van der Waals surface area contributed by atoms with E-state index in [1.54, 1.807) is 0 Å². The van der Waals surface area contributed by atoms with E-state index in [1.165, 1.54) is 0 Å². The third-order valence-electron chi connectivity index (χ3n) is 4.11. The van der Waals surface area contributed by atoms with E-state index >= 15 is 0 Å². The number of piperazine rings is 2. The van der Waals surface area contributed by atoms with Gasteiger partial charge in [-0.15, -0.1) is 0 Å². The minimum absolute atomic E-state index is 0.0354. The first-order valence-electron chi connectivity index (χ1n) is 7.00. The van der Waals surface area contributed by atoms with E-state index in [1.807, 2.05) is 24.3 Å². The molecule has 3 rings (SSSR count). The molecule has 2 heterocycles. The second-order valence-corrected chi connectivity index (χ2v) is 5.35. The Morgan fingerprint density at radius 2 is 2.15 bits per heavy atom. The molecule has 2 aliphatic rings. The predicted molar refractivity (Wildman–Crippen MR) is 74.8 cm³/mol. The zero-order valence-corrected chi connectivity index (χ0v) is 11.4. The number of benzene rings is 1. The van der Waals surface area contributed by atoms with Gasteiger partial charge in [0, 0.05) is 39.3 Å². The SMILES string of the molecule is N#Cc1ccccc1CN1CCN2CCNC(=O)[C@@H]2C1. The molecule has 2 saturated heterocycles. The van der Waals surface area contributed by atoms with Gasteiger partial charge in [-0.2, -0.15) is 5.26 Å². The summed E-state index contributed by atoms with van der Waals surface area (Å²) >= 11 is 0. The van der Waals surface area contributed by atoms with E-state index in [-0.39, 0.29) is 11.9 Å². The van der Waals surface area contributed by atoms with Crippen molar-refractivity contribution in [1.29, 1.82) is 5.26 Å². The molecular weight excluding hydrogens is 252 g/mol. The fraction of sp³-hybridized carbons (Fsp3) is 0.467. The van der Waals surface area contributed by atoms with Crippen LogP contribution in [0.3, 0.4) is 0 Å². The molecule has 1 atom stereocenters. The van der Waals surface area contributed by atoms with Crippen LogP contribution in [0.4, 0.5) is 0 Å². The topological polar surface area (TPSA) is 59.4 Å². The normalized spacial score (nSPS) is 23.8. The number of fused-ring (bicyclic) bond motifs is 1. The van der Waals surface area contributed by atoms with Gasteiger partial charge in [-0.25, -0.2) is 0 Å². The summed E-state index contributed by atoms with van der Waals surface area (Å²) in [4.78, 5) is 16.4. The Morgan fingerprint density at radius 1 is 1.30 bits per heavy atom. The van der Waals surface area contributed by atoms with Crippen LogP contribution >= 0.6 is 0 Å². The maximum Gasteiger partial charge on any atom is 0.238 e. The van der Waals surface area contributed by atoms with Crippen molar-refractivity contribution < 1.29 is 4.79 Å². The van der Waals surface area contributed by atoms with Gasteiger partial charge in [0.05, 0.1) is 11.6 Å². The van der Waals surface area contributed by atoms with E-state index in [0.29, 0.717) is 0 Å². The van der Waals surface area contributed by atoms with Gasteiger partial charge < -0.3 is 5.32 Å². The van der Waals surface area contributed by atoms with E-state index in [0.717, 1.165) is 50.4 Å². The average molecular weight is 270 g/mol. The first kappa shape index (κ1) is 13.1. The first-order chi connectivity index (χ1) is 9.78. The summed E-state index contributed by atoms with van der Waals surface area (Å²) in [5, 5.41) is 12.1. The Morgan fingerprint density at radius 3 is 3.00 bits per heavy atom. The number of nitriles is 1. The van der Waals surface area contributed by atoms with Crippen LogP contribution < -0.4 is 5.32 Å². The fourth-order valence-electron chi connectivity index (χ4n) is 2.99. The van der Waals surface area contributed by atoms with Crippen LogP contribution in [0.15, 0.2) is 24.3 Å². The van der Waals surface area contributed by atoms with Gasteiger partial charge in [0.2, 0.25) is 5.91 Å². The minimum Gasteiger partial charge on any atom is -0.353 e. The summed E-state index contributed by atoms with van der Waals surface area (Å²) < 4.78 is 0. The third kappa shape index (κ3) is 2.53. The number of nitrogens with zero attached hydrogens (tertiary/aromatic N) is 3. The lowest BCUT2D eigenvalue weighted by Gasteiger charge is -2.43. The zero-order valence-electron chi connectivity index (χ0n) is 11.4. The summed E-state index contributed by atoms with van der Waals surface area (Å²) in [6.45, 7) is 5.05. The number of rotatable bonds is 2. The summed E-state index contributed by atoms with van der Waals surface area (Å²) in [6, 6.07) is 9.88. The molecule has 0 unspecified atom stereocenters. The molecule has 1 aromatic rings. The Bertz CT molecular complexity index is 551. The van der Waals surface area contributed by atoms with Gasteiger partial charge in [-0.3, -0.25) is 14.6 Å². The molecule has 0 saturated carbocycles. The molecule has 1 aromatic carbocycles. The van der Waals surface area contributed by atoms with Gasteiger partial charge in [0.1, 0.15) is 6.04 Å². The molecule has 104 valence electrons. The molecule has 1 N–H and O–H groups in total. The van der Waals surface area contributed by atoms with Gasteiger partial charge in [0.15, 0.2) is 0 Å². The predicted octanol–water partition coefficient (Wildman–Crippen LogP) is 0.174. The van der Waals surface area contributed by atoms with Crippen LogP contribution in [0.1, 0.15) is 11.1 Å². The highest BCUT2D eigenvalue weighted by atomic mass is 16.2. The van der Waals surface area contributed by atoms with Crippen molar-refractivity contribution in [3.8, 4) is 6.07 Å². The monoisotopic (exact) mass is 270 g/mol. The van der Waals surface area contributed by atoms with Crippen molar-refractivity contribution in [1.82, 2.24) is 15.1 Å². The second kappa shape index (κ2) is 5.61. The highest BCUT2D eigenvalue weighted by Crippen LogP contribution is 2.16. The van der Waals surface area contributed by atoms with Gasteiger partial charge >= 0.3 is 0 Å². The van der Waals surface area contributed by atoms with Crippen molar-refractivity contribution in [3.05, 3.63) is 35.4 Å². The van der Waals surface area contributed by atoms with Crippen LogP contribution in [0.25, 0.3) is 0 Å². The number of amides is 1. The molecule has 5 nitrogen and oxygen atoms in total. The number of hydrogen-bond donors (Lipinski definition) is 1. The van der Waals surface area contributed by atoms with Crippen LogP contribution in [-0.2, 0) is 11.3 Å². The number of hydrogen-bond acceptors (Lipinski definition) is 4. The fourth-order valence-corrected chi connectivity index (χ4v) is 2.99. The minimum atomic E-state index is -0.0354. The molecule has 5 heteroatoms. The quantitative estimate of drug-likeness (QED) is 0.832. The van der Waals surface area contributed by atoms with Gasteiger partial charge in [0.25, 0.3) is 0 Å². The maximum atomic E-state index is 11.9. The maximum absolute atomic E-state index is 11.9. The van der Waals surface area contributed by atoms with Crippen molar-refractivity contribution >= 4 is 5.91 Å². The second-order valence-electron chi connectivity index (χ2n) is 5.35. The highest BCUT2D eigenvalue weighted by Gasteiger charge is 2.34. The van der Waals surface area contributed by atoms with Crippen LogP contribution in [-0.4, -0.2) is 54.5 Å². The van der Waals surface area contributed by atoms with E-state index in [4.69, 9.17) is 5.26 Å². The summed E-state index contributed by atoms with van der Waals surface area (Å²) in [7, 11) is 0. The lowest BCUT2D eigenvalue weighted by molar-refractivity contribution is -0.131. The molecule has 0 spiro atoms. The summed E-state index contributed by atoms with van der Waals surface area (Å²) in [5.41, 5.74) is 1.77. The van der Waals surface area contributed by atoms with E-state index in [9.17, 15) is 4.79 Å². The van der Waals surface area contributed by atoms with Crippen LogP contribution in [0.2, 0.25) is 0 Å². The molecule has 0 bridgehead atoms. The van der Waals surface area contributed by atoms with Crippen molar-refractivity contribution in [2.45, 2.75) is 12.6 Å². The lowest BCUT2D eigenvalue weighted by Crippen LogP contribution is -2.63. The van der Waals surface area contributed by atoms with Gasteiger partial charge in [-0.05, 0) is 11.6 Å². The van der Waals surface area contributed by atoms with Crippen molar-refractivity contribution in [2.24, 2.45) is 0 Å². The number of nitrogens with one attached hydrogen (secondary N) is 1. The molecule has 0 aromatic heterocycles. The largest absolute Gasteiger partial charge is 0.353 e. The zero-order chi connectivity index (χ0) is 13.9. The molecule has 2 aliphatic heterocycles. The van der Waals surface area contributed by atoms with Crippen molar-refractivity contribution in [2.75, 3.05) is 32.7 Å². The average Bonchev–Trinajstić information content (AvgIpc) is 2.49. The smallest absolute Gasteiger partial charge is 0.238 e. The molecular formula is C15H18N4O. The molecule has 1 amide bonds. The Hall–Kier alpha value is -1.90. The highest BCUT2D eigenvalue weighted by molar-refractivity contribution is 5.82. The summed E-state index contributed by atoms with van der Waals surface area (Å²) in [5.74, 6) is 0.134. The van der Waals surface area contributed by atoms with Gasteiger partial charge in [-0.1, -0.05) is 18.2 Å². The van der Waals surface area contributed by atoms with Crippen molar-refractivity contribution in [3.63, 3.8) is 0 Å². The first-order valence-corrected chi connectivity index (χ1v) is 7.00. The number of carbonyl (C=O) groups is 1. The molecule has 20 heavy (non-hydrogen) atoms. The Labute approximate surface area is 118 Å². The third-order valence-corrected chi connectivity index (χ3v) is 4.11. The van der Waals surface area contributed by atoms with Crippen LogP contribution in [0.5, 0.6) is 0 Å². The Kier molecular flexibility index (Phi) is 3.68. The summed E-state index contributed by atoms with van der Waals surface area (Å²) in [6.07, 6.45) is 0. The molecule has 0 aliphatic carbocycles. The van der Waals surface area contributed by atoms with Crippen LogP contribution in [0, 0.1) is 11.3 Å². The van der Waals surface area contributed by atoms with E-state index in [2.05, 4.69) is 21.2 Å². The van der Waals surface area contributed by atoms with E-state index < -0.39 is 0 Å². The molecule has 0 radical (unpaired) electrons. The number of carbonyl (C=O) groups excluding carboxylic acids is 1. The standard InChI is InChI=1S/C15H18N4O/c16-9-12-3-1-2-4-13(12)10-18-7-8-19-6-5-17-15(20)14(19)11-18/h1-4,14H,5-8,10-11H2,(H,17,20)/t14-/m0/s1.